The number of aromatic nitrogens is 1. The van der Waals surface area contributed by atoms with Crippen LogP contribution in [0.4, 0.5) is 0 Å². The van der Waals surface area contributed by atoms with Gasteiger partial charge in [-0.2, -0.15) is 0 Å². The molecule has 1 atom stereocenters. The molecule has 1 aromatic carbocycles. The van der Waals surface area contributed by atoms with Crippen LogP contribution in [0.2, 0.25) is 0 Å². The van der Waals surface area contributed by atoms with Gasteiger partial charge in [-0.1, -0.05) is 12.1 Å². The molecule has 1 aliphatic heterocycles. The van der Waals surface area contributed by atoms with E-state index in [0.717, 1.165) is 42.0 Å². The smallest absolute Gasteiger partial charge is 0.271 e. The second-order valence-electron chi connectivity index (χ2n) is 6.84. The number of hydrogen-bond acceptors (Lipinski definition) is 3. The molecular weight excluding hydrogens is 328 g/mol. The van der Waals surface area contributed by atoms with Crippen LogP contribution >= 0.6 is 0 Å². The number of nitrogens with one attached hydrogen (secondary N) is 1. The molecule has 26 heavy (non-hydrogen) atoms. The van der Waals surface area contributed by atoms with Crippen molar-refractivity contribution in [2.45, 2.75) is 46.6 Å². The molecule has 138 valence electrons. The number of ether oxygens (including phenoxy) is 1. The summed E-state index contributed by atoms with van der Waals surface area (Å²) in [6.07, 6.45) is 1.92. The molecule has 2 aromatic rings. The van der Waals surface area contributed by atoms with Crippen molar-refractivity contribution in [2.24, 2.45) is 0 Å². The molecule has 0 saturated carbocycles. The topological polar surface area (TPSA) is 62.4 Å². The molecular formula is C21H26N2O3. The van der Waals surface area contributed by atoms with Gasteiger partial charge in [-0.15, -0.1) is 0 Å². The lowest BCUT2D eigenvalue weighted by atomic mass is 10.0. The predicted octanol–water partition coefficient (Wildman–Crippen LogP) is 4.21. The maximum Gasteiger partial charge on any atom is 0.271 e. The summed E-state index contributed by atoms with van der Waals surface area (Å²) < 4.78 is 5.50. The van der Waals surface area contributed by atoms with Crippen LogP contribution in [0.15, 0.2) is 24.3 Å². The van der Waals surface area contributed by atoms with Crippen molar-refractivity contribution in [3.63, 3.8) is 0 Å². The Hall–Kier alpha value is -2.56. The first-order chi connectivity index (χ1) is 12.4. The van der Waals surface area contributed by atoms with E-state index in [2.05, 4.69) is 4.98 Å². The van der Waals surface area contributed by atoms with Crippen LogP contribution in [-0.4, -0.2) is 34.7 Å². The number of H-pyrrole nitrogens is 1. The van der Waals surface area contributed by atoms with E-state index in [9.17, 15) is 9.59 Å². The molecule has 1 saturated heterocycles. The van der Waals surface area contributed by atoms with Crippen LogP contribution in [0.5, 0.6) is 5.75 Å². The highest BCUT2D eigenvalue weighted by atomic mass is 16.5. The van der Waals surface area contributed by atoms with Crippen molar-refractivity contribution in [1.82, 2.24) is 9.88 Å². The van der Waals surface area contributed by atoms with Gasteiger partial charge < -0.3 is 14.6 Å². The first-order valence-electron chi connectivity index (χ1n) is 9.17. The van der Waals surface area contributed by atoms with E-state index in [1.807, 2.05) is 49.9 Å². The summed E-state index contributed by atoms with van der Waals surface area (Å²) >= 11 is 0. The zero-order valence-electron chi connectivity index (χ0n) is 15.9. The Morgan fingerprint density at radius 1 is 1.23 bits per heavy atom. The summed E-state index contributed by atoms with van der Waals surface area (Å²) in [5, 5.41) is 0. The lowest BCUT2D eigenvalue weighted by molar-refractivity contribution is 0.0729. The van der Waals surface area contributed by atoms with Gasteiger partial charge in [0, 0.05) is 17.8 Å². The fraction of sp³-hybridized carbons (Fsp3) is 0.429. The molecule has 2 heterocycles. The summed E-state index contributed by atoms with van der Waals surface area (Å²) in [6, 6.07) is 8.04. The maximum atomic E-state index is 13.2. The highest BCUT2D eigenvalue weighted by molar-refractivity contribution is 6.02. The molecule has 1 amide bonds. The minimum absolute atomic E-state index is 0.0141. The van der Waals surface area contributed by atoms with Gasteiger partial charge in [0.2, 0.25) is 0 Å². The molecule has 3 rings (SSSR count). The van der Waals surface area contributed by atoms with Gasteiger partial charge in [0.05, 0.1) is 12.6 Å². The average Bonchev–Trinajstić information content (AvgIpc) is 3.20. The van der Waals surface area contributed by atoms with Crippen LogP contribution in [0, 0.1) is 13.8 Å². The Labute approximate surface area is 154 Å². The van der Waals surface area contributed by atoms with E-state index < -0.39 is 0 Å². The monoisotopic (exact) mass is 354 g/mol. The zero-order valence-corrected chi connectivity index (χ0v) is 15.9. The van der Waals surface area contributed by atoms with Crippen LogP contribution in [0.1, 0.15) is 70.4 Å². The van der Waals surface area contributed by atoms with Gasteiger partial charge in [-0.3, -0.25) is 9.59 Å². The van der Waals surface area contributed by atoms with E-state index >= 15 is 0 Å². The molecule has 1 aliphatic rings. The van der Waals surface area contributed by atoms with Crippen molar-refractivity contribution >= 4 is 11.7 Å². The van der Waals surface area contributed by atoms with Gasteiger partial charge in [0.15, 0.2) is 5.78 Å². The zero-order chi connectivity index (χ0) is 18.8. The van der Waals surface area contributed by atoms with E-state index in [-0.39, 0.29) is 17.7 Å². The first kappa shape index (κ1) is 18.2. The van der Waals surface area contributed by atoms with Crippen LogP contribution in [0.3, 0.4) is 0 Å². The van der Waals surface area contributed by atoms with Gasteiger partial charge in [0.1, 0.15) is 11.4 Å². The molecule has 0 aliphatic carbocycles. The molecule has 0 radical (unpaired) electrons. The lowest BCUT2D eigenvalue weighted by Gasteiger charge is -2.25. The standard InChI is InChI=1S/C21H26N2O3/c1-5-26-17-10-8-16(9-11-17)18-7-6-12-23(18)21(25)20-13(2)19(15(4)24)14(3)22-20/h8-11,18,22H,5-7,12H2,1-4H3/t18-/m1/s1. The summed E-state index contributed by atoms with van der Waals surface area (Å²) in [6.45, 7) is 8.54. The van der Waals surface area contributed by atoms with Crippen molar-refractivity contribution in [2.75, 3.05) is 13.2 Å². The average molecular weight is 354 g/mol. The molecule has 5 nitrogen and oxygen atoms in total. The fourth-order valence-corrected chi connectivity index (χ4v) is 3.94. The number of rotatable bonds is 5. The number of amides is 1. The number of carbonyl (C=O) groups is 2. The third-order valence-corrected chi connectivity index (χ3v) is 5.09. The highest BCUT2D eigenvalue weighted by Crippen LogP contribution is 2.34. The van der Waals surface area contributed by atoms with Gasteiger partial charge in [0.25, 0.3) is 5.91 Å². The number of ketones is 1. The minimum Gasteiger partial charge on any atom is -0.494 e. The summed E-state index contributed by atoms with van der Waals surface area (Å²) in [4.78, 5) is 30.1. The van der Waals surface area contributed by atoms with E-state index in [1.165, 1.54) is 6.92 Å². The summed E-state index contributed by atoms with van der Waals surface area (Å²) in [5.41, 5.74) is 3.79. The number of aryl methyl sites for hydroxylation is 1. The molecule has 0 unspecified atom stereocenters. The Kier molecular flexibility index (Phi) is 5.16. The molecule has 5 heteroatoms. The summed E-state index contributed by atoms with van der Waals surface area (Å²) in [5.74, 6) is 0.795. The van der Waals surface area contributed by atoms with Crippen molar-refractivity contribution in [3.8, 4) is 5.75 Å². The number of hydrogen-bond donors (Lipinski definition) is 1. The predicted molar refractivity (Wildman–Crippen MR) is 101 cm³/mol. The van der Waals surface area contributed by atoms with Crippen LogP contribution < -0.4 is 4.74 Å². The Balaban J connectivity index is 1.87. The third kappa shape index (κ3) is 3.26. The third-order valence-electron chi connectivity index (χ3n) is 5.09. The number of carbonyl (C=O) groups excluding carboxylic acids is 2. The molecule has 1 N–H and O–H groups in total. The van der Waals surface area contributed by atoms with Crippen molar-refractivity contribution in [3.05, 3.63) is 52.3 Å². The largest absolute Gasteiger partial charge is 0.494 e. The van der Waals surface area contributed by atoms with E-state index in [0.29, 0.717) is 17.9 Å². The Morgan fingerprint density at radius 3 is 2.50 bits per heavy atom. The van der Waals surface area contributed by atoms with E-state index in [4.69, 9.17) is 4.74 Å². The van der Waals surface area contributed by atoms with E-state index in [1.54, 1.807) is 0 Å². The highest BCUT2D eigenvalue weighted by Gasteiger charge is 2.33. The van der Waals surface area contributed by atoms with Gasteiger partial charge in [-0.25, -0.2) is 0 Å². The first-order valence-corrected chi connectivity index (χ1v) is 9.17. The summed E-state index contributed by atoms with van der Waals surface area (Å²) in [7, 11) is 0. The quantitative estimate of drug-likeness (QED) is 0.818. The second kappa shape index (κ2) is 7.36. The second-order valence-corrected chi connectivity index (χ2v) is 6.84. The van der Waals surface area contributed by atoms with Crippen molar-refractivity contribution in [1.29, 1.82) is 0 Å². The fourth-order valence-electron chi connectivity index (χ4n) is 3.94. The van der Waals surface area contributed by atoms with Crippen LogP contribution in [-0.2, 0) is 0 Å². The van der Waals surface area contributed by atoms with Crippen LogP contribution in [0.25, 0.3) is 0 Å². The number of benzene rings is 1. The number of Topliss-reactive ketones (excluding diaryl/α,β-unsaturated/α-hetero) is 1. The lowest BCUT2D eigenvalue weighted by Crippen LogP contribution is -2.31. The molecule has 0 bridgehead atoms. The number of aromatic amines is 1. The number of likely N-dealkylation sites (tertiary alicyclic amines) is 1. The van der Waals surface area contributed by atoms with Gasteiger partial charge in [-0.05, 0) is 63.8 Å². The maximum absolute atomic E-state index is 13.2. The van der Waals surface area contributed by atoms with Gasteiger partial charge >= 0.3 is 0 Å². The normalized spacial score (nSPS) is 16.8. The molecule has 1 fully saturated rings. The molecule has 0 spiro atoms. The Morgan fingerprint density at radius 2 is 1.92 bits per heavy atom. The minimum atomic E-state index is -0.0329. The van der Waals surface area contributed by atoms with Crippen molar-refractivity contribution < 1.29 is 14.3 Å². The molecule has 1 aromatic heterocycles. The number of nitrogens with zero attached hydrogens (tertiary/aromatic N) is 1. The Bertz CT molecular complexity index is 821. The SMILES string of the molecule is CCOc1ccc([C@H]2CCCN2C(=O)c2[nH]c(C)c(C(C)=O)c2C)cc1.